The molecule has 1 fully saturated rings. The fraction of sp³-hybridized carbons (Fsp3) is 0.400. The largest absolute Gasteiger partial charge is 0.385 e. The minimum atomic E-state index is -2.01. The quantitative estimate of drug-likeness (QED) is 0.797. The summed E-state index contributed by atoms with van der Waals surface area (Å²) < 4.78 is 30.5. The number of rotatable bonds is 8. The van der Waals surface area contributed by atoms with Crippen LogP contribution in [0.5, 0.6) is 0 Å². The average molecular weight is 345 g/mol. The molecule has 0 radical (unpaired) electrons. The highest BCUT2D eigenvalue weighted by Gasteiger charge is 2.44. The zero-order valence-electron chi connectivity index (χ0n) is 15.2. The Kier molecular flexibility index (Phi) is 6.06. The molecule has 1 aliphatic heterocycles. The SMILES string of the molecule is [2H][C@@]1(O)[C@H](OC)O[C@H](COCc2ccccc2)[C@H]1OCc1ccccc1. The molecule has 0 aliphatic carbocycles. The lowest BCUT2D eigenvalue weighted by Crippen LogP contribution is -2.37. The highest BCUT2D eigenvalue weighted by molar-refractivity contribution is 5.14. The minimum Gasteiger partial charge on any atom is -0.385 e. The first kappa shape index (κ1) is 16.7. The highest BCUT2D eigenvalue weighted by Crippen LogP contribution is 2.26. The van der Waals surface area contributed by atoms with Crippen LogP contribution in [0.15, 0.2) is 60.7 Å². The molecule has 4 atom stereocenters. The highest BCUT2D eigenvalue weighted by atomic mass is 16.7. The summed E-state index contributed by atoms with van der Waals surface area (Å²) in [5.74, 6) is 0. The second kappa shape index (κ2) is 9.08. The van der Waals surface area contributed by atoms with Gasteiger partial charge in [0.2, 0.25) is 0 Å². The first-order valence-electron chi connectivity index (χ1n) is 8.79. The molecule has 2 aromatic carbocycles. The average Bonchev–Trinajstić information content (AvgIpc) is 2.91. The van der Waals surface area contributed by atoms with Crippen LogP contribution in [0.4, 0.5) is 0 Å². The summed E-state index contributed by atoms with van der Waals surface area (Å²) in [7, 11) is 1.39. The third kappa shape index (κ3) is 4.87. The molecule has 0 spiro atoms. The minimum absolute atomic E-state index is 0.190. The molecule has 0 amide bonds. The Morgan fingerprint density at radius 1 is 1.00 bits per heavy atom. The fourth-order valence-corrected chi connectivity index (χ4v) is 2.75. The Hall–Kier alpha value is -1.76. The Balaban J connectivity index is 1.61. The van der Waals surface area contributed by atoms with Gasteiger partial charge in [0, 0.05) is 7.11 Å². The summed E-state index contributed by atoms with van der Waals surface area (Å²) in [5.41, 5.74) is 1.99. The van der Waals surface area contributed by atoms with Crippen molar-refractivity contribution in [3.63, 3.8) is 0 Å². The molecule has 1 saturated heterocycles. The Labute approximate surface area is 149 Å². The van der Waals surface area contributed by atoms with Crippen molar-refractivity contribution in [1.82, 2.24) is 0 Å². The van der Waals surface area contributed by atoms with Gasteiger partial charge in [-0.1, -0.05) is 60.7 Å². The van der Waals surface area contributed by atoms with Crippen LogP contribution in [-0.4, -0.2) is 43.4 Å². The first-order valence-corrected chi connectivity index (χ1v) is 8.29. The van der Waals surface area contributed by atoms with Gasteiger partial charge in [0.1, 0.15) is 18.3 Å². The number of aliphatic hydroxyl groups is 1. The van der Waals surface area contributed by atoms with Gasteiger partial charge in [0.05, 0.1) is 21.2 Å². The zero-order chi connectivity index (χ0) is 18.4. The van der Waals surface area contributed by atoms with Crippen LogP contribution in [0.1, 0.15) is 12.5 Å². The Bertz CT molecular complexity index is 664. The van der Waals surface area contributed by atoms with E-state index in [9.17, 15) is 5.11 Å². The van der Waals surface area contributed by atoms with Gasteiger partial charge in [-0.2, -0.15) is 0 Å². The van der Waals surface area contributed by atoms with Crippen LogP contribution in [0.25, 0.3) is 0 Å². The van der Waals surface area contributed by atoms with Crippen LogP contribution in [0, 0.1) is 0 Å². The maximum absolute atomic E-state index is 10.5. The molecule has 1 aliphatic rings. The van der Waals surface area contributed by atoms with E-state index in [1.165, 1.54) is 7.11 Å². The number of methoxy groups -OCH3 is 1. The summed E-state index contributed by atoms with van der Waals surface area (Å²) in [6.45, 7) is 0.872. The van der Waals surface area contributed by atoms with Crippen molar-refractivity contribution < 1.29 is 25.4 Å². The smallest absolute Gasteiger partial charge is 0.186 e. The lowest BCUT2D eigenvalue weighted by atomic mass is 10.1. The molecule has 1 heterocycles. The molecule has 25 heavy (non-hydrogen) atoms. The molecule has 0 aromatic heterocycles. The van der Waals surface area contributed by atoms with E-state index in [0.717, 1.165) is 11.1 Å². The van der Waals surface area contributed by atoms with E-state index in [0.29, 0.717) is 6.61 Å². The first-order chi connectivity index (χ1) is 12.6. The topological polar surface area (TPSA) is 57.2 Å². The second-order valence-electron chi connectivity index (χ2n) is 5.88. The van der Waals surface area contributed by atoms with Gasteiger partial charge in [-0.15, -0.1) is 0 Å². The molecule has 134 valence electrons. The molecular formula is C20H24O5. The van der Waals surface area contributed by atoms with Crippen LogP contribution in [-0.2, 0) is 32.2 Å². The van der Waals surface area contributed by atoms with Crippen LogP contribution in [0.2, 0.25) is 0 Å². The number of hydrogen-bond donors (Lipinski definition) is 1. The maximum atomic E-state index is 10.5. The fourth-order valence-electron chi connectivity index (χ4n) is 2.75. The van der Waals surface area contributed by atoms with Crippen molar-refractivity contribution in [3.05, 3.63) is 71.8 Å². The molecule has 0 saturated carbocycles. The second-order valence-corrected chi connectivity index (χ2v) is 5.88. The van der Waals surface area contributed by atoms with E-state index in [4.69, 9.17) is 20.3 Å². The maximum Gasteiger partial charge on any atom is 0.186 e. The van der Waals surface area contributed by atoms with Gasteiger partial charge in [0.25, 0.3) is 0 Å². The Morgan fingerprint density at radius 3 is 2.20 bits per heavy atom. The Morgan fingerprint density at radius 2 is 1.60 bits per heavy atom. The van der Waals surface area contributed by atoms with E-state index >= 15 is 0 Å². The summed E-state index contributed by atoms with van der Waals surface area (Å²) >= 11 is 0. The van der Waals surface area contributed by atoms with E-state index in [2.05, 4.69) is 0 Å². The van der Waals surface area contributed by atoms with Gasteiger partial charge < -0.3 is 24.1 Å². The van der Waals surface area contributed by atoms with Gasteiger partial charge in [-0.05, 0) is 11.1 Å². The molecule has 2 aromatic rings. The van der Waals surface area contributed by atoms with Crippen molar-refractivity contribution in [2.24, 2.45) is 0 Å². The van der Waals surface area contributed by atoms with Crippen molar-refractivity contribution >= 4 is 0 Å². The molecule has 5 heteroatoms. The summed E-state index contributed by atoms with van der Waals surface area (Å²) in [5, 5.41) is 10.5. The lowest BCUT2D eigenvalue weighted by molar-refractivity contribution is -0.156. The van der Waals surface area contributed by atoms with E-state index < -0.39 is 24.6 Å². The van der Waals surface area contributed by atoms with Crippen molar-refractivity contribution in [2.75, 3.05) is 13.7 Å². The molecule has 3 rings (SSSR count). The van der Waals surface area contributed by atoms with E-state index in [-0.39, 0.29) is 13.2 Å². The van der Waals surface area contributed by atoms with Gasteiger partial charge >= 0.3 is 0 Å². The molecule has 0 bridgehead atoms. The summed E-state index contributed by atoms with van der Waals surface area (Å²) in [4.78, 5) is 0. The third-order valence-corrected chi connectivity index (χ3v) is 4.05. The lowest BCUT2D eigenvalue weighted by Gasteiger charge is -2.20. The van der Waals surface area contributed by atoms with Crippen LogP contribution < -0.4 is 0 Å². The van der Waals surface area contributed by atoms with Gasteiger partial charge in [-0.3, -0.25) is 0 Å². The molecular weight excluding hydrogens is 320 g/mol. The molecule has 1 N–H and O–H groups in total. The predicted molar refractivity (Wildman–Crippen MR) is 92.8 cm³/mol. The number of hydrogen-bond acceptors (Lipinski definition) is 5. The number of ether oxygens (including phenoxy) is 4. The van der Waals surface area contributed by atoms with Crippen molar-refractivity contribution in [2.45, 2.75) is 37.8 Å². The monoisotopic (exact) mass is 345 g/mol. The van der Waals surface area contributed by atoms with Crippen molar-refractivity contribution in [3.8, 4) is 0 Å². The van der Waals surface area contributed by atoms with Gasteiger partial charge in [-0.25, -0.2) is 0 Å². The third-order valence-electron chi connectivity index (χ3n) is 4.05. The van der Waals surface area contributed by atoms with E-state index in [1.54, 1.807) is 0 Å². The predicted octanol–water partition coefficient (Wildman–Crippen LogP) is 2.52. The summed E-state index contributed by atoms with van der Waals surface area (Å²) in [6, 6.07) is 19.4. The normalized spacial score (nSPS) is 29.5. The van der Waals surface area contributed by atoms with Crippen LogP contribution >= 0.6 is 0 Å². The van der Waals surface area contributed by atoms with Crippen molar-refractivity contribution in [1.29, 1.82) is 0 Å². The molecule has 5 nitrogen and oxygen atoms in total. The summed E-state index contributed by atoms with van der Waals surface area (Å²) in [6.07, 6.45) is -4.59. The number of benzene rings is 2. The van der Waals surface area contributed by atoms with E-state index in [1.807, 2.05) is 60.7 Å². The van der Waals surface area contributed by atoms with Crippen LogP contribution in [0.3, 0.4) is 0 Å². The van der Waals surface area contributed by atoms with Gasteiger partial charge in [0.15, 0.2) is 6.29 Å². The zero-order valence-corrected chi connectivity index (χ0v) is 14.2. The standard InChI is InChI=1S/C20H24O5/c1-22-20-18(21)19(24-13-16-10-6-3-7-11-16)17(25-20)14-23-12-15-8-4-2-5-9-15/h2-11,17-21H,12-14H2,1H3/t17-,18+,19-,20-/m1/s1/i18D. The molecule has 0 unspecified atom stereocenters.